The molecule has 3 aliphatic rings. The first-order chi connectivity index (χ1) is 16.1. The van der Waals surface area contributed by atoms with Crippen LogP contribution >= 0.6 is 0 Å². The van der Waals surface area contributed by atoms with E-state index in [2.05, 4.69) is 51.7 Å². The number of ether oxygens (including phenoxy) is 2. The average molecular weight is 497 g/mol. The summed E-state index contributed by atoms with van der Waals surface area (Å²) in [6.45, 7) is 19.5. The minimum Gasteiger partial charge on any atom is -0.444 e. The third-order valence-corrected chi connectivity index (χ3v) is 8.97. The highest BCUT2D eigenvalue weighted by Crippen LogP contribution is 2.61. The van der Waals surface area contributed by atoms with E-state index in [0.717, 1.165) is 34.3 Å². The smallest absolute Gasteiger partial charge is 0.410 e. The van der Waals surface area contributed by atoms with Crippen LogP contribution in [-0.2, 0) is 19.7 Å². The van der Waals surface area contributed by atoms with Crippen LogP contribution in [0.1, 0.15) is 53.5 Å². The van der Waals surface area contributed by atoms with Crippen molar-refractivity contribution in [3.05, 3.63) is 41.2 Å². The summed E-state index contributed by atoms with van der Waals surface area (Å²) in [6, 6.07) is 9.18. The van der Waals surface area contributed by atoms with Gasteiger partial charge in [0.15, 0.2) is 0 Å². The van der Waals surface area contributed by atoms with Gasteiger partial charge < -0.3 is 14.4 Å². The van der Waals surface area contributed by atoms with Crippen molar-refractivity contribution in [2.45, 2.75) is 84.7 Å². The zero-order valence-electron chi connectivity index (χ0n) is 22.7. The minimum atomic E-state index is -1.64. The quantitative estimate of drug-likeness (QED) is 0.356. The van der Waals surface area contributed by atoms with Gasteiger partial charge in [0.2, 0.25) is 0 Å². The number of rotatable bonds is 3. The third kappa shape index (κ3) is 4.37. The lowest BCUT2D eigenvalue weighted by Crippen LogP contribution is -2.55. The lowest BCUT2D eigenvalue weighted by molar-refractivity contribution is -0.138. The van der Waals surface area contributed by atoms with E-state index in [4.69, 9.17) is 14.5 Å². The van der Waals surface area contributed by atoms with E-state index in [9.17, 15) is 9.59 Å². The summed E-state index contributed by atoms with van der Waals surface area (Å²) in [4.78, 5) is 32.9. The highest BCUT2D eigenvalue weighted by Gasteiger charge is 2.62. The zero-order chi connectivity index (χ0) is 26.0. The number of hydrogen-bond acceptors (Lipinski definition) is 5. The van der Waals surface area contributed by atoms with Crippen LogP contribution in [0.15, 0.2) is 40.6 Å². The van der Waals surface area contributed by atoms with Crippen molar-refractivity contribution >= 4 is 31.5 Å². The summed E-state index contributed by atoms with van der Waals surface area (Å²) in [5.74, 6) is 0.406. The SMILES string of the molecule is CC(=O)OC1=C(C[Si](C)(C)C)[C@]2(C)CN(C(=O)OC(C)(C)C)CC[C@@]3(C2=Nc2ccccc23)[C@H]1C. The molecule has 2 aliphatic heterocycles. The van der Waals surface area contributed by atoms with Gasteiger partial charge in [0.1, 0.15) is 11.4 Å². The maximum absolute atomic E-state index is 13.4. The second-order valence-electron chi connectivity index (χ2n) is 12.8. The Morgan fingerprint density at radius 2 is 1.86 bits per heavy atom. The van der Waals surface area contributed by atoms with E-state index in [1.54, 1.807) is 0 Å². The first-order valence-electron chi connectivity index (χ1n) is 12.7. The molecule has 35 heavy (non-hydrogen) atoms. The Morgan fingerprint density at radius 1 is 1.20 bits per heavy atom. The third-order valence-electron chi connectivity index (χ3n) is 7.55. The van der Waals surface area contributed by atoms with Crippen molar-refractivity contribution < 1.29 is 19.1 Å². The molecule has 7 heteroatoms. The maximum Gasteiger partial charge on any atom is 0.410 e. The summed E-state index contributed by atoms with van der Waals surface area (Å²) in [7, 11) is -1.64. The highest BCUT2D eigenvalue weighted by molar-refractivity contribution is 6.76. The van der Waals surface area contributed by atoms with E-state index in [-0.39, 0.29) is 18.0 Å². The van der Waals surface area contributed by atoms with Crippen molar-refractivity contribution in [1.29, 1.82) is 0 Å². The molecule has 0 unspecified atom stereocenters. The number of allylic oxidation sites excluding steroid dienone is 1. The molecule has 3 atom stereocenters. The molecule has 1 aromatic rings. The Kier molecular flexibility index (Phi) is 6.10. The number of amides is 1. The van der Waals surface area contributed by atoms with Crippen LogP contribution in [0.25, 0.3) is 0 Å². The number of carbonyl (C=O) groups excluding carboxylic acids is 2. The predicted molar refractivity (Wildman–Crippen MR) is 142 cm³/mol. The Morgan fingerprint density at radius 3 is 2.46 bits per heavy atom. The van der Waals surface area contributed by atoms with Crippen LogP contribution in [0, 0.1) is 11.3 Å². The van der Waals surface area contributed by atoms with Gasteiger partial charge in [0.25, 0.3) is 0 Å². The van der Waals surface area contributed by atoms with Gasteiger partial charge >= 0.3 is 12.1 Å². The second kappa shape index (κ2) is 8.32. The summed E-state index contributed by atoms with van der Waals surface area (Å²) < 4.78 is 11.9. The summed E-state index contributed by atoms with van der Waals surface area (Å²) in [5, 5.41) is 0. The van der Waals surface area contributed by atoms with Crippen molar-refractivity contribution in [1.82, 2.24) is 4.90 Å². The number of para-hydroxylation sites is 1. The van der Waals surface area contributed by atoms with Crippen molar-refractivity contribution in [3.63, 3.8) is 0 Å². The summed E-state index contributed by atoms with van der Waals surface area (Å²) in [6.07, 6.45) is 0.396. The molecule has 2 heterocycles. The first-order valence-corrected chi connectivity index (χ1v) is 16.4. The van der Waals surface area contributed by atoms with E-state index < -0.39 is 24.5 Å². The fourth-order valence-electron chi connectivity index (χ4n) is 6.26. The number of fused-ring (bicyclic) bond motifs is 1. The van der Waals surface area contributed by atoms with Crippen molar-refractivity contribution in [3.8, 4) is 0 Å². The van der Waals surface area contributed by atoms with Gasteiger partial charge in [0.05, 0.1) is 5.69 Å². The fraction of sp³-hybridized carbons (Fsp3) is 0.607. The van der Waals surface area contributed by atoms with Crippen molar-refractivity contribution in [2.75, 3.05) is 13.1 Å². The average Bonchev–Trinajstić information content (AvgIpc) is 3.01. The predicted octanol–water partition coefficient (Wildman–Crippen LogP) is 6.46. The molecule has 1 fully saturated rings. The number of esters is 1. The zero-order valence-corrected chi connectivity index (χ0v) is 23.7. The Hall–Kier alpha value is -2.41. The fourth-order valence-corrected chi connectivity index (χ4v) is 7.89. The molecule has 0 aromatic heterocycles. The molecule has 6 nitrogen and oxygen atoms in total. The highest BCUT2D eigenvalue weighted by atomic mass is 28.3. The Labute approximate surface area is 210 Å². The van der Waals surface area contributed by atoms with Crippen LogP contribution in [0.2, 0.25) is 25.7 Å². The number of hydrogen-bond donors (Lipinski definition) is 0. The molecule has 1 saturated heterocycles. The van der Waals surface area contributed by atoms with Gasteiger partial charge in [0, 0.05) is 50.5 Å². The van der Waals surface area contributed by atoms with E-state index >= 15 is 0 Å². The van der Waals surface area contributed by atoms with Crippen LogP contribution in [0.5, 0.6) is 0 Å². The molecule has 0 saturated carbocycles. The molecule has 1 aliphatic carbocycles. The summed E-state index contributed by atoms with van der Waals surface area (Å²) in [5.41, 5.74) is 2.80. The molecule has 2 bridgehead atoms. The van der Waals surface area contributed by atoms with Crippen LogP contribution in [0.3, 0.4) is 0 Å². The molecule has 1 amide bonds. The normalized spacial score (nSPS) is 28.1. The minimum absolute atomic E-state index is 0.0770. The van der Waals surface area contributed by atoms with E-state index in [1.807, 2.05) is 31.7 Å². The lowest BCUT2D eigenvalue weighted by Gasteiger charge is -2.50. The molecular formula is C28H40N2O4Si. The molecule has 0 radical (unpaired) electrons. The van der Waals surface area contributed by atoms with Crippen molar-refractivity contribution in [2.24, 2.45) is 16.3 Å². The number of carbonyl (C=O) groups is 2. The number of benzene rings is 1. The molecule has 0 N–H and O–H groups in total. The monoisotopic (exact) mass is 496 g/mol. The number of likely N-dealkylation sites (tertiary alicyclic amines) is 1. The van der Waals surface area contributed by atoms with Gasteiger partial charge in [-0.25, -0.2) is 4.79 Å². The Bertz CT molecular complexity index is 1130. The number of nitrogens with zero attached hydrogens (tertiary/aromatic N) is 2. The topological polar surface area (TPSA) is 68.2 Å². The first kappa shape index (κ1) is 25.7. The van der Waals surface area contributed by atoms with Gasteiger partial charge in [-0.15, -0.1) is 0 Å². The van der Waals surface area contributed by atoms with Gasteiger partial charge in [-0.3, -0.25) is 9.79 Å². The van der Waals surface area contributed by atoms with Gasteiger partial charge in [-0.2, -0.15) is 0 Å². The molecule has 4 rings (SSSR count). The number of aliphatic imine (C=N–C) groups is 1. The molecule has 1 aromatic carbocycles. The van der Waals surface area contributed by atoms with E-state index in [1.165, 1.54) is 6.92 Å². The Balaban J connectivity index is 1.97. The molecular weight excluding hydrogens is 456 g/mol. The van der Waals surface area contributed by atoms with Crippen LogP contribution in [0.4, 0.5) is 10.5 Å². The van der Waals surface area contributed by atoms with Crippen LogP contribution in [-0.4, -0.2) is 49.4 Å². The van der Waals surface area contributed by atoms with Gasteiger partial charge in [-0.05, 0) is 57.4 Å². The largest absolute Gasteiger partial charge is 0.444 e. The van der Waals surface area contributed by atoms with E-state index in [0.29, 0.717) is 19.5 Å². The van der Waals surface area contributed by atoms with Crippen LogP contribution < -0.4 is 0 Å². The standard InChI is InChI=1S/C28H40N2O4Si/c1-18-23(33-19(2)31)21(16-35(7,8)9)27(6)17-30(25(32)34-26(3,4)5)15-14-28(18)20-12-10-11-13-22(20)29-24(27)28/h10-13,18H,14-17H2,1-9H3/t18-,27-,28+/m0/s1. The maximum atomic E-state index is 13.4. The lowest BCUT2D eigenvalue weighted by atomic mass is 9.54. The summed E-state index contributed by atoms with van der Waals surface area (Å²) >= 11 is 0. The molecule has 190 valence electrons. The molecule has 0 spiro atoms. The van der Waals surface area contributed by atoms with Gasteiger partial charge in [-0.1, -0.05) is 44.8 Å². The second-order valence-corrected chi connectivity index (χ2v) is 18.3.